The topological polar surface area (TPSA) is 47.6 Å². The number of ether oxygens (including phenoxy) is 2. The molecule has 2 rings (SSSR count). The van der Waals surface area contributed by atoms with Crippen molar-refractivity contribution in [1.29, 1.82) is 0 Å². The lowest BCUT2D eigenvalue weighted by molar-refractivity contribution is 0.0405. The quantitative estimate of drug-likeness (QED) is 0.579. The van der Waals surface area contributed by atoms with Crippen molar-refractivity contribution in [2.45, 2.75) is 18.6 Å². The van der Waals surface area contributed by atoms with E-state index in [1.165, 1.54) is 0 Å². The maximum atomic E-state index is 10.7. The van der Waals surface area contributed by atoms with Crippen LogP contribution < -0.4 is 5.32 Å². The second-order valence-electron chi connectivity index (χ2n) is 2.93. The molecule has 0 aromatic heterocycles. The molecule has 66 valence electrons. The van der Waals surface area contributed by atoms with Gasteiger partial charge in [0.2, 0.25) is 0 Å². The number of alkyl carbamates (subject to hydrolysis) is 1. The number of amides is 1. The van der Waals surface area contributed by atoms with Crippen molar-refractivity contribution in [1.82, 2.24) is 5.32 Å². The zero-order chi connectivity index (χ0) is 8.39. The second kappa shape index (κ2) is 3.15. The van der Waals surface area contributed by atoms with Crippen LogP contribution in [0.4, 0.5) is 4.79 Å². The zero-order valence-corrected chi connectivity index (χ0v) is 6.66. The lowest BCUT2D eigenvalue weighted by Crippen LogP contribution is -2.40. The highest BCUT2D eigenvalue weighted by atomic mass is 16.6. The first-order valence-corrected chi connectivity index (χ1v) is 4.06. The van der Waals surface area contributed by atoms with Crippen molar-refractivity contribution in [3.63, 3.8) is 0 Å². The molecule has 1 fully saturated rings. The molecular weight excluding hydrogens is 158 g/mol. The summed E-state index contributed by atoms with van der Waals surface area (Å²) < 4.78 is 10.2. The molecule has 2 heterocycles. The molecule has 4 heteroatoms. The van der Waals surface area contributed by atoms with Crippen LogP contribution in [0, 0.1) is 0 Å². The average Bonchev–Trinajstić information content (AvgIpc) is 2.54. The van der Waals surface area contributed by atoms with E-state index < -0.39 is 0 Å². The SMILES string of the molecule is O=C1N[C@@H]([C@@H]2CC=CCO2)CO1. The summed E-state index contributed by atoms with van der Waals surface area (Å²) in [5.41, 5.74) is 0. The van der Waals surface area contributed by atoms with E-state index in [1.807, 2.05) is 6.08 Å². The third-order valence-electron chi connectivity index (χ3n) is 2.09. The van der Waals surface area contributed by atoms with Crippen LogP contribution in [-0.4, -0.2) is 31.5 Å². The van der Waals surface area contributed by atoms with Crippen molar-refractivity contribution in [3.05, 3.63) is 12.2 Å². The van der Waals surface area contributed by atoms with E-state index in [-0.39, 0.29) is 18.2 Å². The minimum absolute atomic E-state index is 0.0300. The molecule has 0 unspecified atom stereocenters. The van der Waals surface area contributed by atoms with E-state index in [0.717, 1.165) is 6.42 Å². The third kappa shape index (κ3) is 1.43. The summed E-state index contributed by atoms with van der Waals surface area (Å²) >= 11 is 0. The van der Waals surface area contributed by atoms with Gasteiger partial charge in [-0.15, -0.1) is 0 Å². The van der Waals surface area contributed by atoms with Gasteiger partial charge in [-0.05, 0) is 6.42 Å². The van der Waals surface area contributed by atoms with Gasteiger partial charge in [0.25, 0.3) is 0 Å². The fourth-order valence-electron chi connectivity index (χ4n) is 1.43. The number of carbonyl (C=O) groups excluding carboxylic acids is 1. The van der Waals surface area contributed by atoms with Crippen molar-refractivity contribution < 1.29 is 14.3 Å². The van der Waals surface area contributed by atoms with E-state index in [9.17, 15) is 4.79 Å². The first-order valence-electron chi connectivity index (χ1n) is 4.06. The Balaban J connectivity index is 1.92. The first kappa shape index (κ1) is 7.61. The van der Waals surface area contributed by atoms with Crippen molar-refractivity contribution in [3.8, 4) is 0 Å². The lowest BCUT2D eigenvalue weighted by atomic mass is 10.1. The fraction of sp³-hybridized carbons (Fsp3) is 0.625. The molecule has 0 aliphatic carbocycles. The van der Waals surface area contributed by atoms with Gasteiger partial charge in [0.05, 0.1) is 18.8 Å². The van der Waals surface area contributed by atoms with Gasteiger partial charge in [0, 0.05) is 0 Å². The normalized spacial score (nSPS) is 34.5. The van der Waals surface area contributed by atoms with Crippen LogP contribution >= 0.6 is 0 Å². The predicted molar refractivity (Wildman–Crippen MR) is 41.8 cm³/mol. The average molecular weight is 169 g/mol. The molecule has 1 amide bonds. The Morgan fingerprint density at radius 2 is 2.42 bits per heavy atom. The molecule has 0 bridgehead atoms. The number of cyclic esters (lactones) is 1. The van der Waals surface area contributed by atoms with Gasteiger partial charge in [-0.3, -0.25) is 0 Å². The highest BCUT2D eigenvalue weighted by molar-refractivity contribution is 5.69. The van der Waals surface area contributed by atoms with E-state index in [0.29, 0.717) is 13.2 Å². The van der Waals surface area contributed by atoms with Crippen molar-refractivity contribution in [2.75, 3.05) is 13.2 Å². The molecule has 0 saturated carbocycles. The zero-order valence-electron chi connectivity index (χ0n) is 6.66. The highest BCUT2D eigenvalue weighted by Gasteiger charge is 2.30. The Morgan fingerprint density at radius 3 is 3.00 bits per heavy atom. The largest absolute Gasteiger partial charge is 0.447 e. The van der Waals surface area contributed by atoms with Crippen LogP contribution in [0.1, 0.15) is 6.42 Å². The minimum Gasteiger partial charge on any atom is -0.447 e. The van der Waals surface area contributed by atoms with Gasteiger partial charge in [-0.25, -0.2) is 4.79 Å². The number of hydrogen-bond acceptors (Lipinski definition) is 3. The molecule has 0 aromatic carbocycles. The summed E-state index contributed by atoms with van der Waals surface area (Å²) in [7, 11) is 0. The monoisotopic (exact) mass is 169 g/mol. The molecule has 2 atom stereocenters. The molecule has 1 N–H and O–H groups in total. The Labute approximate surface area is 70.5 Å². The summed E-state index contributed by atoms with van der Waals surface area (Å²) in [4.78, 5) is 10.7. The van der Waals surface area contributed by atoms with Crippen LogP contribution in [0.25, 0.3) is 0 Å². The molecule has 0 spiro atoms. The summed E-state index contributed by atoms with van der Waals surface area (Å²) in [5.74, 6) is 0. The van der Waals surface area contributed by atoms with Crippen LogP contribution in [-0.2, 0) is 9.47 Å². The molecule has 2 aliphatic heterocycles. The predicted octanol–water partition coefficient (Wildman–Crippen LogP) is 0.440. The van der Waals surface area contributed by atoms with Gasteiger partial charge in [-0.2, -0.15) is 0 Å². The highest BCUT2D eigenvalue weighted by Crippen LogP contribution is 2.13. The molecule has 4 nitrogen and oxygen atoms in total. The number of nitrogens with one attached hydrogen (secondary N) is 1. The van der Waals surface area contributed by atoms with Crippen molar-refractivity contribution in [2.24, 2.45) is 0 Å². The van der Waals surface area contributed by atoms with Gasteiger partial charge in [-0.1, -0.05) is 12.2 Å². The minimum atomic E-state index is -0.335. The molecule has 1 saturated heterocycles. The summed E-state index contributed by atoms with van der Waals surface area (Å²) in [6, 6.07) is 0.0300. The van der Waals surface area contributed by atoms with Crippen LogP contribution in [0.15, 0.2) is 12.2 Å². The molecule has 2 aliphatic rings. The number of carbonyl (C=O) groups is 1. The van der Waals surface area contributed by atoms with Crippen LogP contribution in [0.5, 0.6) is 0 Å². The van der Waals surface area contributed by atoms with Gasteiger partial charge in [0.1, 0.15) is 6.61 Å². The second-order valence-corrected chi connectivity index (χ2v) is 2.93. The lowest BCUT2D eigenvalue weighted by Gasteiger charge is -2.22. The molecule has 12 heavy (non-hydrogen) atoms. The Morgan fingerprint density at radius 1 is 1.50 bits per heavy atom. The van der Waals surface area contributed by atoms with E-state index in [1.54, 1.807) is 0 Å². The molecule has 0 radical (unpaired) electrons. The van der Waals surface area contributed by atoms with Gasteiger partial charge < -0.3 is 14.8 Å². The summed E-state index contributed by atoms with van der Waals surface area (Å²) in [6.45, 7) is 1.06. The maximum absolute atomic E-state index is 10.7. The molecular formula is C8H11NO3. The number of hydrogen-bond donors (Lipinski definition) is 1. The van der Waals surface area contributed by atoms with Gasteiger partial charge >= 0.3 is 6.09 Å². The Kier molecular flexibility index (Phi) is 1.99. The van der Waals surface area contributed by atoms with E-state index in [2.05, 4.69) is 11.4 Å². The smallest absolute Gasteiger partial charge is 0.407 e. The molecule has 0 aromatic rings. The van der Waals surface area contributed by atoms with Crippen LogP contribution in [0.2, 0.25) is 0 Å². The van der Waals surface area contributed by atoms with E-state index in [4.69, 9.17) is 9.47 Å². The Bertz CT molecular complexity index is 212. The summed E-state index contributed by atoms with van der Waals surface area (Å²) in [5, 5.41) is 2.70. The maximum Gasteiger partial charge on any atom is 0.407 e. The summed E-state index contributed by atoms with van der Waals surface area (Å²) in [6.07, 6.45) is 4.65. The van der Waals surface area contributed by atoms with Gasteiger partial charge in [0.15, 0.2) is 0 Å². The fourth-order valence-corrected chi connectivity index (χ4v) is 1.43. The first-order chi connectivity index (χ1) is 5.86. The third-order valence-corrected chi connectivity index (χ3v) is 2.09. The Hall–Kier alpha value is -1.03. The van der Waals surface area contributed by atoms with Crippen molar-refractivity contribution >= 4 is 6.09 Å². The van der Waals surface area contributed by atoms with Crippen LogP contribution in [0.3, 0.4) is 0 Å². The van der Waals surface area contributed by atoms with E-state index >= 15 is 0 Å². The standard InChI is InChI=1S/C8H11NO3/c10-8-9-6(5-12-8)7-3-1-2-4-11-7/h1-2,6-7H,3-5H2,(H,9,10)/t6-,7+/m1/s1. The number of rotatable bonds is 1.